The predicted molar refractivity (Wildman–Crippen MR) is 115 cm³/mol. The lowest BCUT2D eigenvalue weighted by Gasteiger charge is -2.22. The van der Waals surface area contributed by atoms with Gasteiger partial charge in [0.2, 0.25) is 5.91 Å². The van der Waals surface area contributed by atoms with E-state index in [4.69, 9.17) is 5.10 Å². The first kappa shape index (κ1) is 18.8. The van der Waals surface area contributed by atoms with Crippen LogP contribution in [-0.2, 0) is 11.2 Å². The highest BCUT2D eigenvalue weighted by Gasteiger charge is 2.26. The molecule has 144 valence electrons. The first-order chi connectivity index (χ1) is 13.5. The number of anilines is 1. The zero-order valence-electron chi connectivity index (χ0n) is 16.6. The van der Waals surface area contributed by atoms with Crippen molar-refractivity contribution in [1.82, 2.24) is 9.78 Å². The highest BCUT2D eigenvalue weighted by Crippen LogP contribution is 2.37. The molecule has 1 atom stereocenters. The topological polar surface area (TPSA) is 38.1 Å². The zero-order valence-corrected chi connectivity index (χ0v) is 17.4. The van der Waals surface area contributed by atoms with E-state index in [-0.39, 0.29) is 5.91 Å². The molecule has 0 aliphatic carbocycles. The van der Waals surface area contributed by atoms with Crippen LogP contribution in [0, 0.1) is 13.8 Å². The van der Waals surface area contributed by atoms with Crippen LogP contribution < -0.4 is 4.90 Å². The van der Waals surface area contributed by atoms with E-state index < -0.39 is 0 Å². The van der Waals surface area contributed by atoms with Gasteiger partial charge in [0.15, 0.2) is 0 Å². The van der Waals surface area contributed by atoms with Crippen LogP contribution in [0.3, 0.4) is 0 Å². The van der Waals surface area contributed by atoms with Gasteiger partial charge >= 0.3 is 0 Å². The maximum atomic E-state index is 13.3. The Bertz CT molecular complexity index is 996. The molecule has 1 aliphatic rings. The Balaban J connectivity index is 1.64. The van der Waals surface area contributed by atoms with Crippen LogP contribution in [0.2, 0.25) is 0 Å². The van der Waals surface area contributed by atoms with Gasteiger partial charge in [0, 0.05) is 27.9 Å². The molecule has 2 heterocycles. The van der Waals surface area contributed by atoms with Gasteiger partial charge in [0.05, 0.1) is 23.5 Å². The van der Waals surface area contributed by atoms with E-state index in [9.17, 15) is 4.79 Å². The third kappa shape index (κ3) is 3.59. The lowest BCUT2D eigenvalue weighted by atomic mass is 10.1. The second-order valence-electron chi connectivity index (χ2n) is 7.30. The summed E-state index contributed by atoms with van der Waals surface area (Å²) in [6.45, 7) is 7.02. The summed E-state index contributed by atoms with van der Waals surface area (Å²) >= 11 is 1.86. The second kappa shape index (κ2) is 7.84. The van der Waals surface area contributed by atoms with Crippen molar-refractivity contribution in [3.8, 4) is 5.69 Å². The number of benzene rings is 2. The Morgan fingerprint density at radius 3 is 2.61 bits per heavy atom. The van der Waals surface area contributed by atoms with Gasteiger partial charge in [-0.1, -0.05) is 37.3 Å². The first-order valence-electron chi connectivity index (χ1n) is 9.71. The van der Waals surface area contributed by atoms with Gasteiger partial charge in [0.1, 0.15) is 0 Å². The number of aromatic nitrogens is 2. The zero-order chi connectivity index (χ0) is 19.7. The van der Waals surface area contributed by atoms with Crippen molar-refractivity contribution in [2.24, 2.45) is 0 Å². The largest absolute Gasteiger partial charge is 0.311 e. The molecular formula is C23H25N3OS. The number of hydrogen-bond donors (Lipinski definition) is 0. The lowest BCUT2D eigenvalue weighted by Crippen LogP contribution is -2.33. The molecule has 1 aromatic heterocycles. The molecule has 1 amide bonds. The molecular weight excluding hydrogens is 366 g/mol. The Kier molecular flexibility index (Phi) is 5.27. The van der Waals surface area contributed by atoms with Crippen LogP contribution in [0.1, 0.15) is 30.3 Å². The van der Waals surface area contributed by atoms with Gasteiger partial charge in [-0.15, -0.1) is 11.8 Å². The van der Waals surface area contributed by atoms with E-state index >= 15 is 0 Å². The van der Waals surface area contributed by atoms with Crippen molar-refractivity contribution >= 4 is 23.4 Å². The second-order valence-corrected chi connectivity index (χ2v) is 8.78. The number of rotatable bonds is 3. The van der Waals surface area contributed by atoms with Crippen molar-refractivity contribution in [1.29, 1.82) is 0 Å². The maximum absolute atomic E-state index is 13.3. The molecule has 0 spiro atoms. The number of aryl methyl sites for hydroxylation is 1. The number of fused-ring (bicyclic) bond motifs is 1. The summed E-state index contributed by atoms with van der Waals surface area (Å²) in [5, 5.41) is 5.20. The van der Waals surface area contributed by atoms with Gasteiger partial charge in [-0.3, -0.25) is 4.79 Å². The third-order valence-corrected chi connectivity index (χ3v) is 6.55. The molecule has 5 heteroatoms. The minimum Gasteiger partial charge on any atom is -0.311 e. The van der Waals surface area contributed by atoms with Gasteiger partial charge in [0.25, 0.3) is 0 Å². The van der Waals surface area contributed by atoms with E-state index in [0.29, 0.717) is 11.7 Å². The maximum Gasteiger partial charge on any atom is 0.231 e. The fourth-order valence-corrected chi connectivity index (χ4v) is 4.86. The average Bonchev–Trinajstić information content (AvgIpc) is 2.87. The predicted octanol–water partition coefficient (Wildman–Crippen LogP) is 4.95. The Hall–Kier alpha value is -2.53. The fraction of sp³-hybridized carbons (Fsp3) is 0.304. The van der Waals surface area contributed by atoms with Gasteiger partial charge in [-0.05, 0) is 44.5 Å². The molecule has 0 radical (unpaired) electrons. The molecule has 0 bridgehead atoms. The SMILES string of the molecule is Cc1nn(-c2ccccc2)c(C)c1CC(=O)N1CC[C@H](C)Sc2ccccc21. The van der Waals surface area contributed by atoms with E-state index in [0.717, 1.165) is 41.3 Å². The number of amides is 1. The van der Waals surface area contributed by atoms with Gasteiger partial charge in [-0.25, -0.2) is 4.68 Å². The van der Waals surface area contributed by atoms with E-state index in [2.05, 4.69) is 19.1 Å². The van der Waals surface area contributed by atoms with Crippen LogP contribution >= 0.6 is 11.8 Å². The van der Waals surface area contributed by atoms with Crippen LogP contribution in [0.4, 0.5) is 5.69 Å². The number of para-hydroxylation sites is 2. The lowest BCUT2D eigenvalue weighted by molar-refractivity contribution is -0.118. The van der Waals surface area contributed by atoms with Crippen molar-refractivity contribution in [2.75, 3.05) is 11.4 Å². The summed E-state index contributed by atoms with van der Waals surface area (Å²) in [5.74, 6) is 0.140. The number of carbonyl (C=O) groups is 1. The standard InChI is InChI=1S/C23H25N3OS/c1-16-13-14-25(21-11-7-8-12-22(21)28-16)23(27)15-20-17(2)24-26(18(20)3)19-9-5-4-6-10-19/h4-12,16H,13-15H2,1-3H3/t16-/m0/s1. The summed E-state index contributed by atoms with van der Waals surface area (Å²) in [4.78, 5) is 16.5. The van der Waals surface area contributed by atoms with Crippen LogP contribution in [0.5, 0.6) is 0 Å². The van der Waals surface area contributed by atoms with E-state index in [1.807, 2.05) is 77.7 Å². The Morgan fingerprint density at radius 2 is 1.82 bits per heavy atom. The van der Waals surface area contributed by atoms with Crippen molar-refractivity contribution < 1.29 is 4.79 Å². The summed E-state index contributed by atoms with van der Waals surface area (Å²) in [6, 6.07) is 18.3. The van der Waals surface area contributed by atoms with Crippen molar-refractivity contribution in [3.63, 3.8) is 0 Å². The van der Waals surface area contributed by atoms with E-state index in [1.54, 1.807) is 0 Å². The molecule has 4 rings (SSSR count). The smallest absolute Gasteiger partial charge is 0.231 e. The number of hydrogen-bond acceptors (Lipinski definition) is 3. The van der Waals surface area contributed by atoms with Crippen molar-refractivity contribution in [2.45, 2.75) is 43.8 Å². The molecule has 28 heavy (non-hydrogen) atoms. The molecule has 0 fully saturated rings. The summed E-state index contributed by atoms with van der Waals surface area (Å²) in [6.07, 6.45) is 1.37. The summed E-state index contributed by atoms with van der Waals surface area (Å²) < 4.78 is 1.94. The first-order valence-corrected chi connectivity index (χ1v) is 10.6. The molecule has 0 saturated heterocycles. The molecule has 0 unspecified atom stereocenters. The van der Waals surface area contributed by atoms with Crippen LogP contribution in [0.15, 0.2) is 59.5 Å². The molecule has 3 aromatic rings. The molecule has 2 aromatic carbocycles. The highest BCUT2D eigenvalue weighted by atomic mass is 32.2. The van der Waals surface area contributed by atoms with E-state index in [1.165, 1.54) is 4.90 Å². The molecule has 0 N–H and O–H groups in total. The quantitative estimate of drug-likeness (QED) is 0.634. The Morgan fingerprint density at radius 1 is 1.11 bits per heavy atom. The highest BCUT2D eigenvalue weighted by molar-refractivity contribution is 8.00. The average molecular weight is 392 g/mol. The number of thioether (sulfide) groups is 1. The number of carbonyl (C=O) groups excluding carboxylic acids is 1. The van der Waals surface area contributed by atoms with Crippen LogP contribution in [-0.4, -0.2) is 27.5 Å². The van der Waals surface area contributed by atoms with Gasteiger partial charge < -0.3 is 4.90 Å². The normalized spacial score (nSPS) is 16.5. The monoisotopic (exact) mass is 391 g/mol. The fourth-order valence-electron chi connectivity index (χ4n) is 3.74. The third-order valence-electron chi connectivity index (χ3n) is 5.31. The molecule has 1 aliphatic heterocycles. The Labute approximate surface area is 170 Å². The molecule has 0 saturated carbocycles. The van der Waals surface area contributed by atoms with Crippen LogP contribution in [0.25, 0.3) is 5.69 Å². The minimum atomic E-state index is 0.140. The van der Waals surface area contributed by atoms with Gasteiger partial charge in [-0.2, -0.15) is 5.10 Å². The summed E-state index contributed by atoms with van der Waals surface area (Å²) in [7, 11) is 0. The summed E-state index contributed by atoms with van der Waals surface area (Å²) in [5.41, 5.74) is 5.03. The minimum absolute atomic E-state index is 0.140. The van der Waals surface area contributed by atoms with Crippen molar-refractivity contribution in [3.05, 3.63) is 71.5 Å². The number of nitrogens with zero attached hydrogens (tertiary/aromatic N) is 3. The molecule has 4 nitrogen and oxygen atoms in total.